The summed E-state index contributed by atoms with van der Waals surface area (Å²) in [6.45, 7) is 4.63. The molecule has 0 aromatic heterocycles. The first kappa shape index (κ1) is 6.93. The van der Waals surface area contributed by atoms with Crippen molar-refractivity contribution in [3.05, 3.63) is 0 Å². The summed E-state index contributed by atoms with van der Waals surface area (Å²) in [7, 11) is 0. The Morgan fingerprint density at radius 1 is 1.78 bits per heavy atom. The van der Waals surface area contributed by atoms with Gasteiger partial charge >= 0.3 is 0 Å². The molecule has 0 saturated carbocycles. The second-order valence-corrected chi connectivity index (χ2v) is 3.61. The fraction of sp³-hybridized carbons (Fsp3) is 0.833. The van der Waals surface area contributed by atoms with Gasteiger partial charge in [0.2, 0.25) is 5.91 Å². The molecule has 9 heavy (non-hydrogen) atoms. The van der Waals surface area contributed by atoms with Crippen molar-refractivity contribution in [2.75, 3.05) is 12.3 Å². The lowest BCUT2D eigenvalue weighted by atomic mass is 10.5. The van der Waals surface area contributed by atoms with E-state index in [-0.39, 0.29) is 5.91 Å². The van der Waals surface area contributed by atoms with Crippen LogP contribution in [0.3, 0.4) is 0 Å². The second kappa shape index (κ2) is 2.60. The van der Waals surface area contributed by atoms with Crippen molar-refractivity contribution in [1.29, 1.82) is 0 Å². The normalized spacial score (nSPS) is 26.9. The van der Waals surface area contributed by atoms with Crippen LogP contribution < -0.4 is 0 Å². The summed E-state index contributed by atoms with van der Waals surface area (Å²) >= 11 is 1.84. The number of carbonyl (C=O) groups is 1. The highest BCUT2D eigenvalue weighted by atomic mass is 32.2. The van der Waals surface area contributed by atoms with Crippen molar-refractivity contribution < 1.29 is 4.79 Å². The maximum Gasteiger partial charge on any atom is 0.220 e. The molecule has 1 unspecified atom stereocenters. The van der Waals surface area contributed by atoms with Gasteiger partial charge in [-0.3, -0.25) is 4.79 Å². The molecule has 3 heteroatoms. The number of hydrogen-bond donors (Lipinski definition) is 0. The number of hydrogen-bond acceptors (Lipinski definition) is 2. The van der Waals surface area contributed by atoms with Crippen LogP contribution in [-0.4, -0.2) is 28.5 Å². The van der Waals surface area contributed by atoms with E-state index >= 15 is 0 Å². The van der Waals surface area contributed by atoms with E-state index in [9.17, 15) is 4.79 Å². The first-order chi connectivity index (χ1) is 4.22. The van der Waals surface area contributed by atoms with Crippen molar-refractivity contribution in [3.63, 3.8) is 0 Å². The number of amides is 1. The average molecular weight is 145 g/mol. The zero-order valence-electron chi connectivity index (χ0n) is 5.76. The van der Waals surface area contributed by atoms with Gasteiger partial charge in [0.15, 0.2) is 0 Å². The summed E-state index contributed by atoms with van der Waals surface area (Å²) in [6.07, 6.45) is 0. The van der Waals surface area contributed by atoms with E-state index in [1.807, 2.05) is 16.7 Å². The molecule has 0 N–H and O–H groups in total. The highest BCUT2D eigenvalue weighted by Crippen LogP contribution is 2.22. The quantitative estimate of drug-likeness (QED) is 0.505. The Bertz CT molecular complexity index is 126. The molecule has 1 saturated heterocycles. The maximum absolute atomic E-state index is 10.8. The zero-order valence-corrected chi connectivity index (χ0v) is 6.57. The van der Waals surface area contributed by atoms with Gasteiger partial charge in [0, 0.05) is 19.2 Å². The highest BCUT2D eigenvalue weighted by molar-refractivity contribution is 8.00. The molecule has 1 amide bonds. The molecule has 1 fully saturated rings. The molecular weight excluding hydrogens is 134 g/mol. The third-order valence-electron chi connectivity index (χ3n) is 1.53. The lowest BCUT2D eigenvalue weighted by Gasteiger charge is -2.17. The van der Waals surface area contributed by atoms with E-state index < -0.39 is 0 Å². The summed E-state index contributed by atoms with van der Waals surface area (Å²) in [5.41, 5.74) is 0. The van der Waals surface area contributed by atoms with Crippen LogP contribution in [0.5, 0.6) is 0 Å². The summed E-state index contributed by atoms with van der Waals surface area (Å²) in [4.78, 5) is 12.7. The minimum Gasteiger partial charge on any atom is -0.330 e. The van der Waals surface area contributed by atoms with Crippen LogP contribution in [0.4, 0.5) is 0 Å². The molecule has 1 aliphatic rings. The molecule has 2 nitrogen and oxygen atoms in total. The molecule has 0 radical (unpaired) electrons. The summed E-state index contributed by atoms with van der Waals surface area (Å²) in [6, 6.07) is 0. The van der Waals surface area contributed by atoms with Gasteiger partial charge in [-0.25, -0.2) is 0 Å². The number of rotatable bonds is 0. The standard InChI is InChI=1S/C6H11NOS/c1-5(8)7-3-4-9-6(7)2/h6H,3-4H2,1-2H3. The van der Waals surface area contributed by atoms with Gasteiger partial charge in [-0.2, -0.15) is 0 Å². The van der Waals surface area contributed by atoms with Crippen molar-refractivity contribution in [2.45, 2.75) is 19.2 Å². The lowest BCUT2D eigenvalue weighted by molar-refractivity contribution is -0.128. The number of nitrogens with zero attached hydrogens (tertiary/aromatic N) is 1. The smallest absolute Gasteiger partial charge is 0.220 e. The van der Waals surface area contributed by atoms with E-state index in [1.54, 1.807) is 6.92 Å². The van der Waals surface area contributed by atoms with E-state index in [1.165, 1.54) is 0 Å². The zero-order chi connectivity index (χ0) is 6.85. The van der Waals surface area contributed by atoms with E-state index in [2.05, 4.69) is 6.92 Å². The highest BCUT2D eigenvalue weighted by Gasteiger charge is 2.22. The van der Waals surface area contributed by atoms with Crippen molar-refractivity contribution in [1.82, 2.24) is 4.90 Å². The Hall–Kier alpha value is -0.180. The predicted octanol–water partition coefficient (Wildman–Crippen LogP) is 0.928. The van der Waals surface area contributed by atoms with Crippen molar-refractivity contribution in [3.8, 4) is 0 Å². The van der Waals surface area contributed by atoms with Crippen LogP contribution in [-0.2, 0) is 4.79 Å². The Labute approximate surface area is 59.6 Å². The van der Waals surface area contributed by atoms with E-state index in [0.29, 0.717) is 5.37 Å². The van der Waals surface area contributed by atoms with Gasteiger partial charge in [-0.05, 0) is 6.92 Å². The van der Waals surface area contributed by atoms with Gasteiger partial charge in [0.25, 0.3) is 0 Å². The lowest BCUT2D eigenvalue weighted by Crippen LogP contribution is -2.30. The van der Waals surface area contributed by atoms with E-state index in [0.717, 1.165) is 12.3 Å². The molecule has 0 aliphatic carbocycles. The van der Waals surface area contributed by atoms with Gasteiger partial charge in [-0.1, -0.05) is 0 Å². The van der Waals surface area contributed by atoms with E-state index in [4.69, 9.17) is 0 Å². The molecule has 0 aromatic carbocycles. The third kappa shape index (κ3) is 1.39. The van der Waals surface area contributed by atoms with Gasteiger partial charge in [0.1, 0.15) is 0 Å². The van der Waals surface area contributed by atoms with Crippen LogP contribution in [0.15, 0.2) is 0 Å². The molecule has 52 valence electrons. The molecule has 0 spiro atoms. The summed E-state index contributed by atoms with van der Waals surface area (Å²) in [5, 5.41) is 0.405. The molecule has 0 bridgehead atoms. The minimum absolute atomic E-state index is 0.201. The molecule has 1 rings (SSSR count). The Morgan fingerprint density at radius 2 is 2.44 bits per heavy atom. The molecular formula is C6H11NOS. The van der Waals surface area contributed by atoms with Crippen LogP contribution in [0.2, 0.25) is 0 Å². The van der Waals surface area contributed by atoms with Crippen LogP contribution >= 0.6 is 11.8 Å². The van der Waals surface area contributed by atoms with Gasteiger partial charge in [0.05, 0.1) is 5.37 Å². The monoisotopic (exact) mass is 145 g/mol. The SMILES string of the molecule is CC(=O)N1CCSC1C. The van der Waals surface area contributed by atoms with Crippen LogP contribution in [0.1, 0.15) is 13.8 Å². The van der Waals surface area contributed by atoms with Crippen LogP contribution in [0.25, 0.3) is 0 Å². The van der Waals surface area contributed by atoms with Crippen molar-refractivity contribution >= 4 is 17.7 Å². The first-order valence-electron chi connectivity index (χ1n) is 3.10. The largest absolute Gasteiger partial charge is 0.330 e. The molecule has 1 aliphatic heterocycles. The van der Waals surface area contributed by atoms with Gasteiger partial charge < -0.3 is 4.90 Å². The Kier molecular flexibility index (Phi) is 2.01. The Morgan fingerprint density at radius 3 is 2.67 bits per heavy atom. The topological polar surface area (TPSA) is 20.3 Å². The molecule has 0 aromatic rings. The van der Waals surface area contributed by atoms with Crippen molar-refractivity contribution in [2.24, 2.45) is 0 Å². The number of carbonyl (C=O) groups excluding carboxylic acids is 1. The second-order valence-electron chi connectivity index (χ2n) is 2.18. The summed E-state index contributed by atoms with van der Waals surface area (Å²) < 4.78 is 0. The number of thioether (sulfide) groups is 1. The minimum atomic E-state index is 0.201. The Balaban J connectivity index is 2.49. The maximum atomic E-state index is 10.8. The first-order valence-corrected chi connectivity index (χ1v) is 4.15. The predicted molar refractivity (Wildman–Crippen MR) is 39.3 cm³/mol. The fourth-order valence-electron chi connectivity index (χ4n) is 1.01. The summed E-state index contributed by atoms with van der Waals surface area (Å²) in [5.74, 6) is 1.30. The van der Waals surface area contributed by atoms with Crippen LogP contribution in [0, 0.1) is 0 Å². The molecule has 1 heterocycles. The van der Waals surface area contributed by atoms with Gasteiger partial charge in [-0.15, -0.1) is 11.8 Å². The fourth-order valence-corrected chi connectivity index (χ4v) is 2.08. The third-order valence-corrected chi connectivity index (χ3v) is 2.69. The molecule has 1 atom stereocenters. The average Bonchev–Trinajstić information content (AvgIpc) is 2.13.